The third-order valence-electron chi connectivity index (χ3n) is 3.76. The van der Waals surface area contributed by atoms with Crippen molar-refractivity contribution < 1.29 is 9.18 Å². The fourth-order valence-corrected chi connectivity index (χ4v) is 2.84. The summed E-state index contributed by atoms with van der Waals surface area (Å²) in [6.45, 7) is 6.53. The Kier molecular flexibility index (Phi) is 4.20. The zero-order valence-electron chi connectivity index (χ0n) is 11.7. The average molecular weight is 264 g/mol. The molecule has 0 radical (unpaired) electrons. The van der Waals surface area contributed by atoms with Crippen LogP contribution < -0.4 is 5.32 Å². The van der Waals surface area contributed by atoms with E-state index in [0.29, 0.717) is 11.5 Å². The van der Waals surface area contributed by atoms with Crippen LogP contribution in [-0.2, 0) is 4.79 Å². The first-order valence-electron chi connectivity index (χ1n) is 6.85. The van der Waals surface area contributed by atoms with Gasteiger partial charge >= 0.3 is 0 Å². The lowest BCUT2D eigenvalue weighted by molar-refractivity contribution is -0.131. The molecule has 1 aliphatic rings. The molecule has 1 N–H and O–H groups in total. The molecule has 0 aromatic heterocycles. The van der Waals surface area contributed by atoms with Gasteiger partial charge in [-0.15, -0.1) is 0 Å². The third kappa shape index (κ3) is 2.63. The summed E-state index contributed by atoms with van der Waals surface area (Å²) in [6, 6.07) is 6.78. The van der Waals surface area contributed by atoms with Crippen molar-refractivity contribution in [3.63, 3.8) is 0 Å². The van der Waals surface area contributed by atoms with E-state index in [1.54, 1.807) is 18.2 Å². The molecule has 1 saturated heterocycles. The fourth-order valence-electron chi connectivity index (χ4n) is 2.84. The molecule has 1 amide bonds. The van der Waals surface area contributed by atoms with Crippen LogP contribution in [0.2, 0.25) is 0 Å². The molecule has 1 fully saturated rings. The smallest absolute Gasteiger partial charge is 0.238 e. The average Bonchev–Trinajstić information content (AvgIpc) is 2.73. The number of hydrogen-bond donors (Lipinski definition) is 1. The number of amides is 1. The van der Waals surface area contributed by atoms with Gasteiger partial charge in [0.15, 0.2) is 0 Å². The van der Waals surface area contributed by atoms with Gasteiger partial charge in [-0.3, -0.25) is 10.1 Å². The van der Waals surface area contributed by atoms with Crippen LogP contribution in [0.3, 0.4) is 0 Å². The molecule has 0 aliphatic carbocycles. The van der Waals surface area contributed by atoms with Crippen molar-refractivity contribution in [2.45, 2.75) is 39.4 Å². The Morgan fingerprint density at radius 3 is 2.68 bits per heavy atom. The van der Waals surface area contributed by atoms with Crippen molar-refractivity contribution in [2.75, 3.05) is 6.54 Å². The van der Waals surface area contributed by atoms with Crippen LogP contribution >= 0.6 is 0 Å². The number of carbonyl (C=O) groups excluding carboxylic acids is 1. The number of nitrogens with one attached hydrogen (secondary N) is 1. The summed E-state index contributed by atoms with van der Waals surface area (Å²) in [7, 11) is 0. The summed E-state index contributed by atoms with van der Waals surface area (Å²) < 4.78 is 13.9. The second-order valence-electron chi connectivity index (χ2n) is 5.33. The highest BCUT2D eigenvalue weighted by atomic mass is 19.1. The van der Waals surface area contributed by atoms with Crippen molar-refractivity contribution >= 4 is 5.91 Å². The molecule has 4 heteroatoms. The van der Waals surface area contributed by atoms with Gasteiger partial charge < -0.3 is 4.90 Å². The van der Waals surface area contributed by atoms with Gasteiger partial charge in [0.25, 0.3) is 0 Å². The molecule has 2 rings (SSSR count). The Morgan fingerprint density at radius 1 is 1.42 bits per heavy atom. The highest BCUT2D eigenvalue weighted by Gasteiger charge is 2.38. The Morgan fingerprint density at radius 2 is 2.11 bits per heavy atom. The van der Waals surface area contributed by atoms with Crippen LogP contribution in [0.15, 0.2) is 24.3 Å². The van der Waals surface area contributed by atoms with Gasteiger partial charge in [-0.05, 0) is 18.4 Å². The van der Waals surface area contributed by atoms with Crippen LogP contribution in [-0.4, -0.2) is 23.4 Å². The number of nitrogens with zero attached hydrogens (tertiary/aromatic N) is 1. The highest BCUT2D eigenvalue weighted by Crippen LogP contribution is 2.30. The van der Waals surface area contributed by atoms with E-state index in [2.05, 4.69) is 26.1 Å². The number of rotatable bonds is 4. The number of carbonyl (C=O) groups is 1. The summed E-state index contributed by atoms with van der Waals surface area (Å²) in [4.78, 5) is 13.9. The second kappa shape index (κ2) is 5.70. The molecular weight excluding hydrogens is 243 g/mol. The predicted molar refractivity (Wildman–Crippen MR) is 72.9 cm³/mol. The lowest BCUT2D eigenvalue weighted by Crippen LogP contribution is -2.42. The monoisotopic (exact) mass is 264 g/mol. The minimum absolute atomic E-state index is 0.0498. The van der Waals surface area contributed by atoms with E-state index in [9.17, 15) is 9.18 Å². The van der Waals surface area contributed by atoms with Crippen molar-refractivity contribution in [1.29, 1.82) is 0 Å². The fraction of sp³-hybridized carbons (Fsp3) is 0.533. The normalized spacial score (nSPS) is 21.2. The van der Waals surface area contributed by atoms with Crippen molar-refractivity contribution in [1.82, 2.24) is 10.2 Å². The van der Waals surface area contributed by atoms with E-state index in [4.69, 9.17) is 0 Å². The van der Waals surface area contributed by atoms with E-state index in [1.807, 2.05) is 4.90 Å². The highest BCUT2D eigenvalue weighted by molar-refractivity contribution is 5.81. The largest absolute Gasteiger partial charge is 0.318 e. The Hall–Kier alpha value is -1.42. The quantitative estimate of drug-likeness (QED) is 0.907. The standard InChI is InChI=1S/C15H21FN2O/c1-4-13(10(2)3)18-14(19)9-17-15(18)11-7-5-6-8-12(11)16/h5-8,10,13,15,17H,4,9H2,1-3H3. The maximum atomic E-state index is 13.9. The Balaban J connectivity index is 2.35. The van der Waals surface area contributed by atoms with Gasteiger partial charge in [0.1, 0.15) is 12.0 Å². The van der Waals surface area contributed by atoms with E-state index in [-0.39, 0.29) is 30.5 Å². The van der Waals surface area contributed by atoms with Crippen LogP contribution in [0.1, 0.15) is 38.9 Å². The molecule has 19 heavy (non-hydrogen) atoms. The molecule has 104 valence electrons. The minimum Gasteiger partial charge on any atom is -0.318 e. The summed E-state index contributed by atoms with van der Waals surface area (Å²) in [5.74, 6) is 0.134. The van der Waals surface area contributed by atoms with Crippen molar-refractivity contribution in [3.8, 4) is 0 Å². The van der Waals surface area contributed by atoms with Gasteiger partial charge in [0.2, 0.25) is 5.91 Å². The van der Waals surface area contributed by atoms with Crippen molar-refractivity contribution in [3.05, 3.63) is 35.6 Å². The van der Waals surface area contributed by atoms with Gasteiger partial charge in [0.05, 0.1) is 6.54 Å². The molecule has 1 aliphatic heterocycles. The van der Waals surface area contributed by atoms with Gasteiger partial charge in [0, 0.05) is 11.6 Å². The molecule has 0 spiro atoms. The number of hydrogen-bond acceptors (Lipinski definition) is 2. The summed E-state index contributed by atoms with van der Waals surface area (Å²) in [5.41, 5.74) is 0.549. The summed E-state index contributed by atoms with van der Waals surface area (Å²) in [5, 5.41) is 3.12. The lowest BCUT2D eigenvalue weighted by Gasteiger charge is -2.35. The van der Waals surface area contributed by atoms with Gasteiger partial charge in [-0.1, -0.05) is 39.0 Å². The molecule has 2 unspecified atom stereocenters. The molecule has 2 atom stereocenters. The predicted octanol–water partition coefficient (Wildman–Crippen LogP) is 2.69. The minimum atomic E-state index is -0.346. The maximum Gasteiger partial charge on any atom is 0.238 e. The first-order chi connectivity index (χ1) is 9.06. The summed E-state index contributed by atoms with van der Waals surface area (Å²) in [6.07, 6.45) is 0.525. The van der Waals surface area contributed by atoms with Crippen LogP contribution in [0.4, 0.5) is 4.39 Å². The van der Waals surface area contributed by atoms with Crippen LogP contribution in [0, 0.1) is 11.7 Å². The van der Waals surface area contributed by atoms with Crippen LogP contribution in [0.25, 0.3) is 0 Å². The molecular formula is C15H21FN2O. The Bertz CT molecular complexity index is 461. The molecule has 1 aromatic rings. The van der Waals surface area contributed by atoms with E-state index in [0.717, 1.165) is 6.42 Å². The van der Waals surface area contributed by atoms with Crippen LogP contribution in [0.5, 0.6) is 0 Å². The summed E-state index contributed by atoms with van der Waals surface area (Å²) >= 11 is 0. The lowest BCUT2D eigenvalue weighted by atomic mass is 9.98. The molecule has 1 heterocycles. The maximum absolute atomic E-state index is 13.9. The van der Waals surface area contributed by atoms with E-state index < -0.39 is 0 Å². The third-order valence-corrected chi connectivity index (χ3v) is 3.76. The van der Waals surface area contributed by atoms with Crippen molar-refractivity contribution in [2.24, 2.45) is 5.92 Å². The number of halogens is 1. The molecule has 0 bridgehead atoms. The van der Waals surface area contributed by atoms with Gasteiger partial charge in [-0.2, -0.15) is 0 Å². The Labute approximate surface area is 113 Å². The van der Waals surface area contributed by atoms with E-state index >= 15 is 0 Å². The van der Waals surface area contributed by atoms with Gasteiger partial charge in [-0.25, -0.2) is 4.39 Å². The molecule has 0 saturated carbocycles. The zero-order valence-corrected chi connectivity index (χ0v) is 11.7. The zero-order chi connectivity index (χ0) is 14.0. The number of benzene rings is 1. The first kappa shape index (κ1) is 14.0. The molecule has 1 aromatic carbocycles. The topological polar surface area (TPSA) is 32.3 Å². The second-order valence-corrected chi connectivity index (χ2v) is 5.33. The first-order valence-corrected chi connectivity index (χ1v) is 6.85. The SMILES string of the molecule is CCC(C(C)C)N1C(=O)CNC1c1ccccc1F. The van der Waals surface area contributed by atoms with E-state index in [1.165, 1.54) is 6.07 Å². The molecule has 3 nitrogen and oxygen atoms in total.